The Labute approximate surface area is 133 Å². The second-order valence-corrected chi connectivity index (χ2v) is 6.92. The van der Waals surface area contributed by atoms with Crippen molar-refractivity contribution in [3.8, 4) is 0 Å². The lowest BCUT2D eigenvalue weighted by atomic mass is 9.96. The average Bonchev–Trinajstić information content (AvgIpc) is 2.88. The largest absolute Gasteiger partial charge is 0.444 e. The fourth-order valence-corrected chi connectivity index (χ4v) is 2.00. The van der Waals surface area contributed by atoms with Gasteiger partial charge in [-0.15, -0.1) is 0 Å². The fourth-order valence-electron chi connectivity index (χ4n) is 2.00. The zero-order valence-corrected chi connectivity index (χ0v) is 14.4. The molecule has 0 aliphatic heterocycles. The number of nitrogens with zero attached hydrogens (tertiary/aromatic N) is 1. The number of aromatic nitrogens is 2. The highest BCUT2D eigenvalue weighted by molar-refractivity contribution is 5.67. The topological polar surface area (TPSA) is 79.0 Å². The molecule has 1 aromatic heterocycles. The van der Waals surface area contributed by atoms with Gasteiger partial charge < -0.3 is 20.4 Å². The van der Waals surface area contributed by atoms with Crippen LogP contribution in [0, 0.1) is 11.8 Å². The predicted octanol–water partition coefficient (Wildman–Crippen LogP) is 2.34. The first kappa shape index (κ1) is 18.5. The molecule has 0 bridgehead atoms. The van der Waals surface area contributed by atoms with Crippen LogP contribution in [0.2, 0.25) is 0 Å². The third kappa shape index (κ3) is 8.02. The molecule has 1 unspecified atom stereocenters. The number of ether oxygens (including phenoxy) is 1. The van der Waals surface area contributed by atoms with Gasteiger partial charge in [0.25, 0.3) is 0 Å². The number of hydrogen-bond donors (Lipinski definition) is 3. The van der Waals surface area contributed by atoms with Gasteiger partial charge >= 0.3 is 6.09 Å². The first-order valence-electron chi connectivity index (χ1n) is 7.92. The highest BCUT2D eigenvalue weighted by Crippen LogP contribution is 2.10. The summed E-state index contributed by atoms with van der Waals surface area (Å²) in [6.45, 7) is 12.3. The van der Waals surface area contributed by atoms with E-state index in [1.165, 1.54) is 0 Å². The molecule has 1 aromatic rings. The highest BCUT2D eigenvalue weighted by atomic mass is 16.6. The van der Waals surface area contributed by atoms with Crippen LogP contribution in [0.25, 0.3) is 0 Å². The number of carbonyl (C=O) groups is 1. The molecule has 1 atom stereocenters. The molecule has 0 saturated carbocycles. The van der Waals surface area contributed by atoms with Gasteiger partial charge in [-0.1, -0.05) is 13.8 Å². The summed E-state index contributed by atoms with van der Waals surface area (Å²) in [6.07, 6.45) is 4.10. The van der Waals surface area contributed by atoms with Gasteiger partial charge in [-0.25, -0.2) is 9.78 Å². The summed E-state index contributed by atoms with van der Waals surface area (Å²) in [7, 11) is 0. The Hall–Kier alpha value is -1.56. The van der Waals surface area contributed by atoms with E-state index in [0.29, 0.717) is 18.4 Å². The zero-order chi connectivity index (χ0) is 16.6. The fraction of sp³-hybridized carbons (Fsp3) is 0.750. The maximum Gasteiger partial charge on any atom is 0.407 e. The number of imidazole rings is 1. The van der Waals surface area contributed by atoms with Gasteiger partial charge in [0.15, 0.2) is 0 Å². The maximum absolute atomic E-state index is 11.7. The summed E-state index contributed by atoms with van der Waals surface area (Å²) in [4.78, 5) is 18.8. The van der Waals surface area contributed by atoms with Crippen molar-refractivity contribution >= 4 is 6.09 Å². The van der Waals surface area contributed by atoms with Crippen LogP contribution in [0.3, 0.4) is 0 Å². The number of hydrogen-bond acceptors (Lipinski definition) is 4. The molecule has 1 heterocycles. The highest BCUT2D eigenvalue weighted by Gasteiger charge is 2.18. The van der Waals surface area contributed by atoms with E-state index in [4.69, 9.17) is 4.74 Å². The Bertz CT molecular complexity index is 424. The average molecular weight is 310 g/mol. The molecule has 0 radical (unpaired) electrons. The van der Waals surface area contributed by atoms with Gasteiger partial charge in [-0.05, 0) is 39.2 Å². The SMILES string of the molecule is CC(C)C(CNCCc1cnc[nH]1)CNC(=O)OC(C)(C)C. The van der Waals surface area contributed by atoms with Crippen molar-refractivity contribution in [1.82, 2.24) is 20.6 Å². The number of amides is 1. The third-order valence-electron chi connectivity index (χ3n) is 3.38. The van der Waals surface area contributed by atoms with Crippen molar-refractivity contribution in [2.24, 2.45) is 11.8 Å². The van der Waals surface area contributed by atoms with E-state index in [0.717, 1.165) is 25.2 Å². The van der Waals surface area contributed by atoms with Crippen molar-refractivity contribution in [2.45, 2.75) is 46.6 Å². The molecular formula is C16H30N4O2. The smallest absolute Gasteiger partial charge is 0.407 e. The van der Waals surface area contributed by atoms with E-state index in [-0.39, 0.29) is 6.09 Å². The molecule has 6 nitrogen and oxygen atoms in total. The molecule has 1 rings (SSSR count). The van der Waals surface area contributed by atoms with Gasteiger partial charge in [0.2, 0.25) is 0 Å². The first-order chi connectivity index (χ1) is 10.3. The number of aromatic amines is 1. The summed E-state index contributed by atoms with van der Waals surface area (Å²) in [5.74, 6) is 0.851. The quantitative estimate of drug-likeness (QED) is 0.644. The van der Waals surface area contributed by atoms with E-state index in [2.05, 4.69) is 34.4 Å². The molecule has 0 aliphatic carbocycles. The lowest BCUT2D eigenvalue weighted by Gasteiger charge is -2.24. The monoisotopic (exact) mass is 310 g/mol. The molecule has 1 amide bonds. The van der Waals surface area contributed by atoms with Gasteiger partial charge in [0.05, 0.1) is 6.33 Å². The molecule has 0 spiro atoms. The molecule has 0 aromatic carbocycles. The number of carbonyl (C=O) groups excluding carboxylic acids is 1. The molecule has 3 N–H and O–H groups in total. The van der Waals surface area contributed by atoms with Crippen molar-refractivity contribution in [1.29, 1.82) is 0 Å². The van der Waals surface area contributed by atoms with Crippen LogP contribution in [0.5, 0.6) is 0 Å². The van der Waals surface area contributed by atoms with Crippen LogP contribution in [0.4, 0.5) is 4.79 Å². The molecule has 0 aliphatic rings. The molecule has 0 saturated heterocycles. The minimum absolute atomic E-state index is 0.351. The Balaban J connectivity index is 2.25. The predicted molar refractivity (Wildman–Crippen MR) is 87.7 cm³/mol. The minimum atomic E-state index is -0.459. The van der Waals surface area contributed by atoms with Gasteiger partial charge in [-0.3, -0.25) is 0 Å². The second kappa shape index (κ2) is 8.78. The summed E-state index contributed by atoms with van der Waals surface area (Å²) in [5.41, 5.74) is 0.667. The number of H-pyrrole nitrogens is 1. The molecule has 0 fully saturated rings. The summed E-state index contributed by atoms with van der Waals surface area (Å²) in [6, 6.07) is 0. The molecule has 126 valence electrons. The maximum atomic E-state index is 11.7. The van der Waals surface area contributed by atoms with Crippen LogP contribution < -0.4 is 10.6 Å². The second-order valence-electron chi connectivity index (χ2n) is 6.92. The number of nitrogens with one attached hydrogen (secondary N) is 3. The van der Waals surface area contributed by atoms with E-state index in [9.17, 15) is 4.79 Å². The van der Waals surface area contributed by atoms with Gasteiger partial charge in [0, 0.05) is 31.4 Å². The Morgan fingerprint density at radius 3 is 2.64 bits per heavy atom. The van der Waals surface area contributed by atoms with Crippen molar-refractivity contribution < 1.29 is 9.53 Å². The number of alkyl carbamates (subject to hydrolysis) is 1. The van der Waals surface area contributed by atoms with Crippen LogP contribution in [-0.4, -0.2) is 41.3 Å². The summed E-state index contributed by atoms with van der Waals surface area (Å²) >= 11 is 0. The van der Waals surface area contributed by atoms with Crippen molar-refractivity contribution in [2.75, 3.05) is 19.6 Å². The van der Waals surface area contributed by atoms with Gasteiger partial charge in [0.1, 0.15) is 5.60 Å². The van der Waals surface area contributed by atoms with Crippen LogP contribution in [0.15, 0.2) is 12.5 Å². The van der Waals surface area contributed by atoms with Crippen molar-refractivity contribution in [3.05, 3.63) is 18.2 Å². The summed E-state index contributed by atoms with van der Waals surface area (Å²) < 4.78 is 5.26. The number of rotatable bonds is 8. The Kier molecular flexibility index (Phi) is 7.38. The summed E-state index contributed by atoms with van der Waals surface area (Å²) in [5, 5.41) is 6.29. The van der Waals surface area contributed by atoms with E-state index in [1.807, 2.05) is 27.0 Å². The zero-order valence-electron chi connectivity index (χ0n) is 14.4. The van der Waals surface area contributed by atoms with E-state index < -0.39 is 5.60 Å². The normalized spacial score (nSPS) is 13.2. The Morgan fingerprint density at radius 2 is 2.09 bits per heavy atom. The first-order valence-corrected chi connectivity index (χ1v) is 7.92. The van der Waals surface area contributed by atoms with Crippen LogP contribution in [0.1, 0.15) is 40.3 Å². The van der Waals surface area contributed by atoms with E-state index in [1.54, 1.807) is 6.33 Å². The van der Waals surface area contributed by atoms with Crippen LogP contribution in [-0.2, 0) is 11.2 Å². The third-order valence-corrected chi connectivity index (χ3v) is 3.38. The minimum Gasteiger partial charge on any atom is -0.444 e. The standard InChI is InChI=1S/C16H30N4O2/c1-12(2)13(9-19-15(21)22-16(3,4)5)8-17-7-6-14-10-18-11-20-14/h10-13,17H,6-9H2,1-5H3,(H,18,20)(H,19,21). The van der Waals surface area contributed by atoms with Crippen LogP contribution >= 0.6 is 0 Å². The van der Waals surface area contributed by atoms with E-state index >= 15 is 0 Å². The lowest BCUT2D eigenvalue weighted by molar-refractivity contribution is 0.0515. The molecule has 6 heteroatoms. The van der Waals surface area contributed by atoms with Crippen molar-refractivity contribution in [3.63, 3.8) is 0 Å². The molecule has 22 heavy (non-hydrogen) atoms. The van der Waals surface area contributed by atoms with Gasteiger partial charge in [-0.2, -0.15) is 0 Å². The Morgan fingerprint density at radius 1 is 1.36 bits per heavy atom. The molecular weight excluding hydrogens is 280 g/mol. The lowest BCUT2D eigenvalue weighted by Crippen LogP contribution is -2.39.